The van der Waals surface area contributed by atoms with Gasteiger partial charge >= 0.3 is 0 Å². The topological polar surface area (TPSA) is 50.9 Å². The van der Waals surface area contributed by atoms with E-state index in [2.05, 4.69) is 57.1 Å². The number of pyridine rings is 1. The normalized spacial score (nSPS) is 11.6. The number of nitrogens with zero attached hydrogens (tertiary/aromatic N) is 1. The van der Waals surface area contributed by atoms with Gasteiger partial charge in [-0.15, -0.1) is 0 Å². The van der Waals surface area contributed by atoms with Gasteiger partial charge in [-0.2, -0.15) is 0 Å². The van der Waals surface area contributed by atoms with Crippen LogP contribution in [-0.4, -0.2) is 11.5 Å². The Morgan fingerprint density at radius 3 is 2.26 bits per heavy atom. The van der Waals surface area contributed by atoms with E-state index < -0.39 is 0 Å². The highest BCUT2D eigenvalue weighted by Gasteiger charge is 2.17. The van der Waals surface area contributed by atoms with Crippen LogP contribution in [0, 0.1) is 17.8 Å². The molecule has 1 aromatic rings. The van der Waals surface area contributed by atoms with Crippen LogP contribution >= 0.6 is 0 Å². The van der Waals surface area contributed by atoms with Crippen LogP contribution in [0.15, 0.2) is 12.1 Å². The zero-order valence-electron chi connectivity index (χ0n) is 13.0. The Bertz CT molecular complexity index is 355. The molecule has 0 bridgehead atoms. The first kappa shape index (κ1) is 16.0. The van der Waals surface area contributed by atoms with Crippen LogP contribution in [0.3, 0.4) is 0 Å². The van der Waals surface area contributed by atoms with Gasteiger partial charge < -0.3 is 11.1 Å². The lowest BCUT2D eigenvalue weighted by atomic mass is 9.85. The maximum absolute atomic E-state index is 5.74. The third-order valence-electron chi connectivity index (χ3n) is 3.77. The number of nitrogens with one attached hydrogen (secondary N) is 1. The lowest BCUT2D eigenvalue weighted by molar-refractivity contribution is 0.304. The molecule has 19 heavy (non-hydrogen) atoms. The van der Waals surface area contributed by atoms with Gasteiger partial charge in [0, 0.05) is 18.8 Å². The van der Waals surface area contributed by atoms with Crippen molar-refractivity contribution in [3.05, 3.63) is 23.4 Å². The van der Waals surface area contributed by atoms with E-state index in [-0.39, 0.29) is 0 Å². The Morgan fingerprint density at radius 2 is 1.79 bits per heavy atom. The van der Waals surface area contributed by atoms with Crippen molar-refractivity contribution in [2.24, 2.45) is 23.5 Å². The summed E-state index contributed by atoms with van der Waals surface area (Å²) in [5.74, 6) is 2.98. The lowest BCUT2D eigenvalue weighted by Gasteiger charge is -2.25. The average Bonchev–Trinajstić information content (AvgIpc) is 2.37. The average molecular weight is 263 g/mol. The second-order valence-electron chi connectivity index (χ2n) is 5.94. The van der Waals surface area contributed by atoms with Crippen LogP contribution in [0.4, 0.5) is 5.82 Å². The first-order valence-corrected chi connectivity index (χ1v) is 7.41. The van der Waals surface area contributed by atoms with Crippen LogP contribution in [0.25, 0.3) is 0 Å². The summed E-state index contributed by atoms with van der Waals surface area (Å²) in [6, 6.07) is 4.16. The first-order valence-electron chi connectivity index (χ1n) is 7.41. The van der Waals surface area contributed by atoms with E-state index in [4.69, 9.17) is 5.73 Å². The van der Waals surface area contributed by atoms with Gasteiger partial charge in [0.2, 0.25) is 0 Å². The largest absolute Gasteiger partial charge is 0.370 e. The van der Waals surface area contributed by atoms with Gasteiger partial charge in [0.05, 0.1) is 0 Å². The Hall–Kier alpha value is -1.09. The molecule has 0 spiro atoms. The van der Waals surface area contributed by atoms with Gasteiger partial charge in [-0.25, -0.2) is 4.98 Å². The summed E-state index contributed by atoms with van der Waals surface area (Å²) in [7, 11) is 0. The molecular weight excluding hydrogens is 234 g/mol. The summed E-state index contributed by atoms with van der Waals surface area (Å²) in [5.41, 5.74) is 8.00. The van der Waals surface area contributed by atoms with Crippen molar-refractivity contribution in [2.75, 3.05) is 11.9 Å². The van der Waals surface area contributed by atoms with Gasteiger partial charge in [-0.3, -0.25) is 0 Å². The molecule has 0 amide bonds. The second-order valence-corrected chi connectivity index (χ2v) is 5.94. The Labute approximate surface area is 118 Å². The molecule has 0 aromatic carbocycles. The van der Waals surface area contributed by atoms with Crippen molar-refractivity contribution in [2.45, 2.75) is 47.6 Å². The van der Waals surface area contributed by atoms with Crippen molar-refractivity contribution in [1.29, 1.82) is 0 Å². The number of hydrogen-bond acceptors (Lipinski definition) is 3. The minimum atomic E-state index is 0.571. The molecule has 0 radical (unpaired) electrons. The predicted octanol–water partition coefficient (Wildman–Crippen LogP) is 3.44. The fraction of sp³-hybridized carbons (Fsp3) is 0.688. The maximum Gasteiger partial charge on any atom is 0.126 e. The van der Waals surface area contributed by atoms with Crippen LogP contribution in [0.2, 0.25) is 0 Å². The summed E-state index contributed by atoms with van der Waals surface area (Å²) in [4.78, 5) is 4.62. The number of aromatic nitrogens is 1. The zero-order valence-corrected chi connectivity index (χ0v) is 13.0. The van der Waals surface area contributed by atoms with Crippen molar-refractivity contribution < 1.29 is 0 Å². The number of aryl methyl sites for hydroxylation is 1. The van der Waals surface area contributed by atoms with E-state index in [9.17, 15) is 0 Å². The molecule has 0 saturated carbocycles. The van der Waals surface area contributed by atoms with E-state index in [0.717, 1.165) is 30.0 Å². The fourth-order valence-electron chi connectivity index (χ4n) is 2.50. The van der Waals surface area contributed by atoms with E-state index in [1.165, 1.54) is 0 Å². The van der Waals surface area contributed by atoms with Crippen LogP contribution < -0.4 is 11.1 Å². The Kier molecular flexibility index (Phi) is 6.29. The number of nitrogens with two attached hydrogens (primary N) is 1. The number of anilines is 1. The first-order chi connectivity index (χ1) is 8.97. The zero-order chi connectivity index (χ0) is 14.4. The molecular formula is C16H29N3. The summed E-state index contributed by atoms with van der Waals surface area (Å²) in [6.07, 6.45) is 0.945. The summed E-state index contributed by atoms with van der Waals surface area (Å²) in [6.45, 7) is 12.8. The minimum Gasteiger partial charge on any atom is -0.370 e. The highest BCUT2D eigenvalue weighted by molar-refractivity contribution is 5.39. The van der Waals surface area contributed by atoms with Gasteiger partial charge in [-0.05, 0) is 41.9 Å². The maximum atomic E-state index is 5.74. The minimum absolute atomic E-state index is 0.571. The molecule has 1 aromatic heterocycles. The van der Waals surface area contributed by atoms with Crippen LogP contribution in [0.5, 0.6) is 0 Å². The molecule has 3 N–H and O–H groups in total. The molecule has 0 unspecified atom stereocenters. The van der Waals surface area contributed by atoms with Gasteiger partial charge in [-0.1, -0.05) is 34.6 Å². The van der Waals surface area contributed by atoms with Gasteiger partial charge in [0.1, 0.15) is 5.82 Å². The van der Waals surface area contributed by atoms with E-state index in [0.29, 0.717) is 24.3 Å². The SMILES string of the molecule is CCc1cc(CN)cc(NCC(C(C)C)C(C)C)n1. The Morgan fingerprint density at radius 1 is 1.16 bits per heavy atom. The third-order valence-corrected chi connectivity index (χ3v) is 3.77. The molecule has 0 fully saturated rings. The summed E-state index contributed by atoms with van der Waals surface area (Å²) < 4.78 is 0. The van der Waals surface area contributed by atoms with E-state index in [1.807, 2.05) is 0 Å². The highest BCUT2D eigenvalue weighted by atomic mass is 15.0. The van der Waals surface area contributed by atoms with Gasteiger partial charge in [0.15, 0.2) is 0 Å². The van der Waals surface area contributed by atoms with Crippen molar-refractivity contribution in [3.8, 4) is 0 Å². The third kappa shape index (κ3) is 4.83. The summed E-state index contributed by atoms with van der Waals surface area (Å²) >= 11 is 0. The molecule has 3 heteroatoms. The fourth-order valence-corrected chi connectivity index (χ4v) is 2.50. The molecule has 0 aliphatic carbocycles. The molecule has 1 heterocycles. The molecule has 3 nitrogen and oxygen atoms in total. The van der Waals surface area contributed by atoms with Crippen molar-refractivity contribution in [3.63, 3.8) is 0 Å². The molecule has 108 valence electrons. The highest BCUT2D eigenvalue weighted by Crippen LogP contribution is 2.21. The molecule has 0 atom stereocenters. The van der Waals surface area contributed by atoms with E-state index >= 15 is 0 Å². The van der Waals surface area contributed by atoms with Crippen LogP contribution in [0.1, 0.15) is 45.9 Å². The summed E-state index contributed by atoms with van der Waals surface area (Å²) in [5, 5.41) is 3.49. The van der Waals surface area contributed by atoms with E-state index in [1.54, 1.807) is 0 Å². The van der Waals surface area contributed by atoms with Crippen LogP contribution in [-0.2, 0) is 13.0 Å². The molecule has 0 saturated heterocycles. The number of hydrogen-bond donors (Lipinski definition) is 2. The van der Waals surface area contributed by atoms with Gasteiger partial charge in [0.25, 0.3) is 0 Å². The smallest absolute Gasteiger partial charge is 0.126 e. The number of rotatable bonds is 7. The lowest BCUT2D eigenvalue weighted by Crippen LogP contribution is -2.25. The predicted molar refractivity (Wildman–Crippen MR) is 83.2 cm³/mol. The Balaban J connectivity index is 2.76. The molecule has 0 aliphatic rings. The monoisotopic (exact) mass is 263 g/mol. The van der Waals surface area contributed by atoms with Crippen molar-refractivity contribution >= 4 is 5.82 Å². The molecule has 1 rings (SSSR count). The standard InChI is InChI=1S/C16H29N3/c1-6-14-7-13(9-17)8-16(19-14)18-10-15(11(2)3)12(4)5/h7-8,11-12,15H,6,9-10,17H2,1-5H3,(H,18,19). The second kappa shape index (κ2) is 7.49. The van der Waals surface area contributed by atoms with Crippen molar-refractivity contribution in [1.82, 2.24) is 4.98 Å². The quantitative estimate of drug-likeness (QED) is 0.792. The molecule has 0 aliphatic heterocycles.